The fourth-order valence-corrected chi connectivity index (χ4v) is 6.38. The number of thiazole rings is 1. The van der Waals surface area contributed by atoms with Crippen LogP contribution >= 0.6 is 11.3 Å². The summed E-state index contributed by atoms with van der Waals surface area (Å²) in [6.07, 6.45) is 3.47. The number of hydrogen-bond acceptors (Lipinski definition) is 7. The van der Waals surface area contributed by atoms with E-state index in [2.05, 4.69) is 20.5 Å². The fraction of sp³-hybridized carbons (Fsp3) is 0.556. The quantitative estimate of drug-likeness (QED) is 0.502. The third-order valence-corrected chi connectivity index (χ3v) is 8.55. The average Bonchev–Trinajstić information content (AvgIpc) is 3.26. The Morgan fingerprint density at radius 2 is 1.92 bits per heavy atom. The van der Waals surface area contributed by atoms with Gasteiger partial charge in [-0.2, -0.15) is 0 Å². The van der Waals surface area contributed by atoms with Gasteiger partial charge in [-0.15, -0.1) is 0 Å². The van der Waals surface area contributed by atoms with Crippen molar-refractivity contribution in [1.29, 1.82) is 0 Å². The molecule has 4 rings (SSSR count). The fourth-order valence-electron chi connectivity index (χ4n) is 5.52. The van der Waals surface area contributed by atoms with E-state index in [1.807, 2.05) is 12.1 Å². The Balaban J connectivity index is 1.39. The Kier molecular flexibility index (Phi) is 9.32. The molecule has 1 aromatic carbocycles. The minimum Gasteiger partial charge on any atom is -0.453 e. The number of methoxy groups -OCH3 is 1. The van der Waals surface area contributed by atoms with E-state index in [1.165, 1.54) is 26.2 Å². The Hall–Kier alpha value is -3.05. The molecule has 0 radical (unpaired) electrons. The molecule has 0 saturated carbocycles. The van der Waals surface area contributed by atoms with Crippen LogP contribution in [0.15, 0.2) is 24.3 Å². The summed E-state index contributed by atoms with van der Waals surface area (Å²) in [5.74, 6) is 0.331. The largest absolute Gasteiger partial charge is 0.453 e. The van der Waals surface area contributed by atoms with E-state index in [-0.39, 0.29) is 23.6 Å². The number of benzene rings is 1. The monoisotopic (exact) mass is 545 g/mol. The minimum absolute atomic E-state index is 0.0891. The van der Waals surface area contributed by atoms with Gasteiger partial charge in [-0.25, -0.2) is 19.0 Å². The van der Waals surface area contributed by atoms with Crippen LogP contribution in [0.3, 0.4) is 0 Å². The van der Waals surface area contributed by atoms with Crippen LogP contribution in [0.4, 0.5) is 19.1 Å². The molecule has 0 aliphatic carbocycles. The van der Waals surface area contributed by atoms with Crippen molar-refractivity contribution < 1.29 is 23.5 Å². The SMILES string of the molecule is COC(=O)N1CC[C@@H](CN2CCC[C@@H](Cc3ccc(F)cc3)C2)[C@@H](NC(=O)Nc2nc(C)c(C(C)=O)s2)C1. The van der Waals surface area contributed by atoms with Gasteiger partial charge in [0.05, 0.1) is 23.7 Å². The maximum Gasteiger partial charge on any atom is 0.409 e. The summed E-state index contributed by atoms with van der Waals surface area (Å²) < 4.78 is 18.2. The Labute approximate surface area is 226 Å². The van der Waals surface area contributed by atoms with E-state index in [9.17, 15) is 18.8 Å². The first kappa shape index (κ1) is 28.0. The summed E-state index contributed by atoms with van der Waals surface area (Å²) in [6, 6.07) is 6.06. The molecule has 38 heavy (non-hydrogen) atoms. The molecule has 2 aliphatic rings. The molecule has 0 spiro atoms. The van der Waals surface area contributed by atoms with E-state index in [1.54, 1.807) is 11.8 Å². The number of likely N-dealkylation sites (tertiary alicyclic amines) is 2. The van der Waals surface area contributed by atoms with Gasteiger partial charge in [-0.1, -0.05) is 23.5 Å². The Morgan fingerprint density at radius 3 is 2.61 bits per heavy atom. The lowest BCUT2D eigenvalue weighted by Crippen LogP contribution is -2.57. The normalized spacial score (nSPS) is 22.1. The van der Waals surface area contributed by atoms with Gasteiger partial charge in [0.15, 0.2) is 10.9 Å². The molecule has 9 nitrogen and oxygen atoms in total. The number of carbonyl (C=O) groups is 3. The zero-order chi connectivity index (χ0) is 27.2. The maximum absolute atomic E-state index is 13.3. The van der Waals surface area contributed by atoms with Crippen molar-refractivity contribution >= 4 is 34.4 Å². The predicted octanol–water partition coefficient (Wildman–Crippen LogP) is 4.33. The number of urea groups is 1. The molecule has 2 aliphatic heterocycles. The highest BCUT2D eigenvalue weighted by Crippen LogP contribution is 2.26. The molecule has 0 unspecified atom stereocenters. The second-order valence-electron chi connectivity index (χ2n) is 10.3. The van der Waals surface area contributed by atoms with Gasteiger partial charge in [-0.3, -0.25) is 10.1 Å². The molecule has 206 valence electrons. The molecule has 2 fully saturated rings. The van der Waals surface area contributed by atoms with E-state index >= 15 is 0 Å². The standard InChI is InChI=1S/C27H36FN5O4S/c1-17-24(18(2)34)38-26(29-17)31-25(35)30-23-16-33(27(36)37-3)12-10-21(23)15-32-11-4-5-20(14-32)13-19-6-8-22(28)9-7-19/h6-9,20-21,23H,4-5,10-16H2,1-3H3,(H2,29,30,31,35)/t20-,21-,23-/m0/s1. The number of ether oxygens (including phenoxy) is 1. The summed E-state index contributed by atoms with van der Waals surface area (Å²) in [7, 11) is 1.36. The van der Waals surface area contributed by atoms with Gasteiger partial charge >= 0.3 is 12.1 Å². The highest BCUT2D eigenvalue weighted by molar-refractivity contribution is 7.17. The lowest BCUT2D eigenvalue weighted by molar-refractivity contribution is 0.0742. The third kappa shape index (κ3) is 7.28. The van der Waals surface area contributed by atoms with Gasteiger partial charge in [-0.05, 0) is 68.7 Å². The van der Waals surface area contributed by atoms with Crippen LogP contribution < -0.4 is 10.6 Å². The summed E-state index contributed by atoms with van der Waals surface area (Å²) in [5, 5.41) is 6.17. The highest BCUT2D eigenvalue weighted by atomic mass is 32.1. The Morgan fingerprint density at radius 1 is 1.16 bits per heavy atom. The van der Waals surface area contributed by atoms with Gasteiger partial charge in [0.2, 0.25) is 0 Å². The molecular weight excluding hydrogens is 509 g/mol. The number of amides is 3. The molecule has 2 aromatic rings. The zero-order valence-electron chi connectivity index (χ0n) is 22.2. The molecular formula is C27H36FN5O4S. The van der Waals surface area contributed by atoms with Crippen molar-refractivity contribution in [3.8, 4) is 0 Å². The van der Waals surface area contributed by atoms with E-state index in [0.717, 1.165) is 62.2 Å². The van der Waals surface area contributed by atoms with Gasteiger partial charge < -0.3 is 19.9 Å². The van der Waals surface area contributed by atoms with Crippen molar-refractivity contribution in [2.75, 3.05) is 45.2 Å². The number of carbonyl (C=O) groups excluding carboxylic acids is 3. The molecule has 3 heterocycles. The van der Waals surface area contributed by atoms with Crippen LogP contribution in [0.25, 0.3) is 0 Å². The van der Waals surface area contributed by atoms with Crippen molar-refractivity contribution in [3.63, 3.8) is 0 Å². The minimum atomic E-state index is -0.414. The van der Waals surface area contributed by atoms with Gasteiger partial charge in [0.1, 0.15) is 5.82 Å². The smallest absolute Gasteiger partial charge is 0.409 e. The number of ketones is 1. The van der Waals surface area contributed by atoms with E-state index < -0.39 is 12.1 Å². The number of piperidine rings is 2. The van der Waals surface area contributed by atoms with Crippen LogP contribution in [-0.2, 0) is 11.2 Å². The number of rotatable bonds is 7. The first-order valence-corrected chi connectivity index (χ1v) is 13.9. The maximum atomic E-state index is 13.3. The lowest BCUT2D eigenvalue weighted by Gasteiger charge is -2.42. The van der Waals surface area contributed by atoms with Gasteiger partial charge in [0, 0.05) is 33.1 Å². The topological polar surface area (TPSA) is 104 Å². The lowest BCUT2D eigenvalue weighted by atomic mass is 9.88. The first-order chi connectivity index (χ1) is 18.2. The third-order valence-electron chi connectivity index (χ3n) is 7.38. The van der Waals surface area contributed by atoms with Crippen molar-refractivity contribution in [1.82, 2.24) is 20.1 Å². The molecule has 11 heteroatoms. The van der Waals surface area contributed by atoms with Crippen LogP contribution in [0.5, 0.6) is 0 Å². The van der Waals surface area contributed by atoms with Crippen molar-refractivity contribution in [3.05, 3.63) is 46.2 Å². The Bertz CT molecular complexity index is 1140. The number of hydrogen-bond donors (Lipinski definition) is 2. The van der Waals surface area contributed by atoms with Crippen LogP contribution in [0.2, 0.25) is 0 Å². The van der Waals surface area contributed by atoms with Crippen LogP contribution in [0, 0.1) is 24.6 Å². The molecule has 3 atom stereocenters. The van der Waals surface area contributed by atoms with E-state index in [0.29, 0.717) is 34.7 Å². The second-order valence-corrected chi connectivity index (χ2v) is 11.3. The first-order valence-electron chi connectivity index (χ1n) is 13.1. The summed E-state index contributed by atoms with van der Waals surface area (Å²) in [5.41, 5.74) is 1.73. The molecule has 2 N–H and O–H groups in total. The summed E-state index contributed by atoms with van der Waals surface area (Å²) in [4.78, 5) is 45.8. The van der Waals surface area contributed by atoms with Gasteiger partial charge in [0.25, 0.3) is 0 Å². The molecule has 1 aromatic heterocycles. The molecule has 3 amide bonds. The zero-order valence-corrected chi connectivity index (χ0v) is 23.0. The average molecular weight is 546 g/mol. The molecule has 0 bridgehead atoms. The number of aryl methyl sites for hydroxylation is 1. The number of nitrogens with one attached hydrogen (secondary N) is 2. The van der Waals surface area contributed by atoms with Crippen LogP contribution in [0.1, 0.15) is 47.1 Å². The predicted molar refractivity (Wildman–Crippen MR) is 144 cm³/mol. The van der Waals surface area contributed by atoms with Crippen LogP contribution in [-0.4, -0.2) is 78.6 Å². The number of halogens is 1. The summed E-state index contributed by atoms with van der Waals surface area (Å²) in [6.45, 7) is 6.88. The summed E-state index contributed by atoms with van der Waals surface area (Å²) >= 11 is 1.15. The number of nitrogens with zero attached hydrogens (tertiary/aromatic N) is 3. The molecule has 2 saturated heterocycles. The van der Waals surface area contributed by atoms with E-state index in [4.69, 9.17) is 4.74 Å². The number of anilines is 1. The van der Waals surface area contributed by atoms with Crippen molar-refractivity contribution in [2.24, 2.45) is 11.8 Å². The second kappa shape index (κ2) is 12.7. The highest BCUT2D eigenvalue weighted by Gasteiger charge is 2.35. The number of Topliss-reactive ketones (excluding diaryl/α,β-unsaturated/α-hetero) is 1. The number of aromatic nitrogens is 1. The van der Waals surface area contributed by atoms with Crippen molar-refractivity contribution in [2.45, 2.75) is 45.6 Å².